The number of aromatic nitrogens is 2. The van der Waals surface area contributed by atoms with Gasteiger partial charge in [0.25, 0.3) is 0 Å². The molecule has 0 atom stereocenters. The number of methoxy groups -OCH3 is 1. The first-order valence-corrected chi connectivity index (χ1v) is 4.55. The second kappa shape index (κ2) is 2.93. The number of pyridine rings is 1. The number of fused-ring (bicyclic) bond motifs is 1. The zero-order chi connectivity index (χ0) is 8.55. The Bertz CT molecular complexity index is 410. The Kier molecular flexibility index (Phi) is 1.92. The van der Waals surface area contributed by atoms with Crippen LogP contribution in [0.5, 0.6) is 5.75 Å². The SMILES string of the molecule is COc1cncc2[nH]c(I)cc12. The van der Waals surface area contributed by atoms with Gasteiger partial charge in [-0.15, -0.1) is 0 Å². The summed E-state index contributed by atoms with van der Waals surface area (Å²) >= 11 is 2.23. The number of halogens is 1. The molecule has 0 fully saturated rings. The average Bonchev–Trinajstić information content (AvgIpc) is 2.44. The summed E-state index contributed by atoms with van der Waals surface area (Å²) in [6.07, 6.45) is 3.51. The van der Waals surface area contributed by atoms with Gasteiger partial charge in [0.2, 0.25) is 0 Å². The first-order valence-electron chi connectivity index (χ1n) is 3.47. The number of nitrogens with zero attached hydrogens (tertiary/aromatic N) is 1. The van der Waals surface area contributed by atoms with Crippen molar-refractivity contribution in [2.45, 2.75) is 0 Å². The van der Waals surface area contributed by atoms with E-state index < -0.39 is 0 Å². The van der Waals surface area contributed by atoms with Crippen LogP contribution in [0, 0.1) is 3.70 Å². The van der Waals surface area contributed by atoms with Crippen LogP contribution in [-0.4, -0.2) is 17.1 Å². The first-order chi connectivity index (χ1) is 5.81. The summed E-state index contributed by atoms with van der Waals surface area (Å²) in [4.78, 5) is 7.21. The number of H-pyrrole nitrogens is 1. The Hall–Kier alpha value is -0.780. The van der Waals surface area contributed by atoms with Crippen LogP contribution in [0.15, 0.2) is 18.5 Å². The van der Waals surface area contributed by atoms with Gasteiger partial charge in [0.1, 0.15) is 5.75 Å². The number of aromatic amines is 1. The lowest BCUT2D eigenvalue weighted by Crippen LogP contribution is -1.83. The second-order valence-electron chi connectivity index (χ2n) is 2.42. The van der Waals surface area contributed by atoms with Crippen molar-refractivity contribution in [2.75, 3.05) is 7.11 Å². The fraction of sp³-hybridized carbons (Fsp3) is 0.125. The highest BCUT2D eigenvalue weighted by Gasteiger charge is 2.03. The molecule has 2 aromatic heterocycles. The van der Waals surface area contributed by atoms with Crippen LogP contribution < -0.4 is 4.74 Å². The lowest BCUT2D eigenvalue weighted by atomic mass is 10.3. The van der Waals surface area contributed by atoms with Crippen LogP contribution in [0.1, 0.15) is 0 Å². The van der Waals surface area contributed by atoms with Gasteiger partial charge in [-0.2, -0.15) is 0 Å². The Labute approximate surface area is 83.3 Å². The molecule has 0 unspecified atom stereocenters. The van der Waals surface area contributed by atoms with Crippen LogP contribution >= 0.6 is 22.6 Å². The molecule has 1 N–H and O–H groups in total. The van der Waals surface area contributed by atoms with Gasteiger partial charge >= 0.3 is 0 Å². The highest BCUT2D eigenvalue weighted by Crippen LogP contribution is 2.24. The zero-order valence-electron chi connectivity index (χ0n) is 6.47. The minimum atomic E-state index is 0.812. The Morgan fingerprint density at radius 1 is 1.50 bits per heavy atom. The van der Waals surface area contributed by atoms with E-state index in [9.17, 15) is 0 Å². The Balaban J connectivity index is 2.78. The van der Waals surface area contributed by atoms with Crippen molar-refractivity contribution in [1.29, 1.82) is 0 Å². The van der Waals surface area contributed by atoms with Gasteiger partial charge in [-0.25, -0.2) is 0 Å². The highest BCUT2D eigenvalue weighted by atomic mass is 127. The molecule has 0 aromatic carbocycles. The number of hydrogen-bond acceptors (Lipinski definition) is 2. The van der Waals surface area contributed by atoms with Gasteiger partial charge in [0.05, 0.1) is 28.7 Å². The third-order valence-corrected chi connectivity index (χ3v) is 2.28. The Morgan fingerprint density at radius 3 is 3.08 bits per heavy atom. The first kappa shape index (κ1) is 7.85. The molecule has 0 amide bonds. The molecule has 0 aliphatic carbocycles. The largest absolute Gasteiger partial charge is 0.494 e. The summed E-state index contributed by atoms with van der Waals surface area (Å²) < 4.78 is 6.25. The topological polar surface area (TPSA) is 37.9 Å². The summed E-state index contributed by atoms with van der Waals surface area (Å²) in [5, 5.41) is 1.08. The molecular formula is C8H7IN2O. The van der Waals surface area contributed by atoms with E-state index in [2.05, 4.69) is 32.6 Å². The maximum atomic E-state index is 5.15. The third kappa shape index (κ3) is 1.16. The summed E-state index contributed by atoms with van der Waals surface area (Å²) in [7, 11) is 1.65. The predicted molar refractivity (Wildman–Crippen MR) is 55.4 cm³/mol. The van der Waals surface area contributed by atoms with Crippen molar-refractivity contribution >= 4 is 33.5 Å². The van der Waals surface area contributed by atoms with E-state index in [1.165, 1.54) is 0 Å². The molecule has 3 nitrogen and oxygen atoms in total. The molecule has 4 heteroatoms. The summed E-state index contributed by atoms with van der Waals surface area (Å²) in [6.45, 7) is 0. The van der Waals surface area contributed by atoms with E-state index in [0.29, 0.717) is 0 Å². The molecular weight excluding hydrogens is 267 g/mol. The second-order valence-corrected chi connectivity index (χ2v) is 3.58. The van der Waals surface area contributed by atoms with Gasteiger partial charge in [0.15, 0.2) is 0 Å². The van der Waals surface area contributed by atoms with Gasteiger partial charge in [-0.3, -0.25) is 4.98 Å². The lowest BCUT2D eigenvalue weighted by molar-refractivity contribution is 0.418. The molecule has 2 rings (SSSR count). The maximum absolute atomic E-state index is 5.15. The van der Waals surface area contributed by atoms with Crippen LogP contribution in [0.25, 0.3) is 10.9 Å². The van der Waals surface area contributed by atoms with Gasteiger partial charge in [-0.1, -0.05) is 0 Å². The van der Waals surface area contributed by atoms with Crippen molar-refractivity contribution in [3.05, 3.63) is 22.2 Å². The normalized spacial score (nSPS) is 10.5. The number of ether oxygens (including phenoxy) is 1. The van der Waals surface area contributed by atoms with E-state index in [4.69, 9.17) is 4.74 Å². The van der Waals surface area contributed by atoms with Crippen molar-refractivity contribution in [3.63, 3.8) is 0 Å². The van der Waals surface area contributed by atoms with Crippen LogP contribution in [0.2, 0.25) is 0 Å². The van der Waals surface area contributed by atoms with Crippen molar-refractivity contribution < 1.29 is 4.74 Å². The molecule has 0 saturated carbocycles. The Morgan fingerprint density at radius 2 is 2.33 bits per heavy atom. The number of hydrogen-bond donors (Lipinski definition) is 1. The summed E-state index contributed by atoms with van der Waals surface area (Å²) in [5.41, 5.74) is 1.01. The van der Waals surface area contributed by atoms with E-state index in [1.807, 2.05) is 6.07 Å². The standard InChI is InChI=1S/C8H7IN2O/c1-12-7-4-10-3-6-5(7)2-8(9)11-6/h2-4,11H,1H3. The van der Waals surface area contributed by atoms with Gasteiger partial charge in [0, 0.05) is 5.39 Å². The molecule has 0 aliphatic heterocycles. The fourth-order valence-corrected chi connectivity index (χ4v) is 1.76. The molecule has 0 spiro atoms. The minimum Gasteiger partial charge on any atom is -0.494 e. The molecule has 2 heterocycles. The highest BCUT2D eigenvalue weighted by molar-refractivity contribution is 14.1. The van der Waals surface area contributed by atoms with E-state index in [-0.39, 0.29) is 0 Å². The monoisotopic (exact) mass is 274 g/mol. The van der Waals surface area contributed by atoms with Gasteiger partial charge in [-0.05, 0) is 28.7 Å². The molecule has 0 radical (unpaired) electrons. The molecule has 2 aromatic rings. The van der Waals surface area contributed by atoms with Crippen LogP contribution in [-0.2, 0) is 0 Å². The molecule has 62 valence electrons. The quantitative estimate of drug-likeness (QED) is 0.809. The van der Waals surface area contributed by atoms with Crippen molar-refractivity contribution in [1.82, 2.24) is 9.97 Å². The van der Waals surface area contributed by atoms with Gasteiger partial charge < -0.3 is 9.72 Å². The van der Waals surface area contributed by atoms with Crippen molar-refractivity contribution in [2.24, 2.45) is 0 Å². The van der Waals surface area contributed by atoms with E-state index in [1.54, 1.807) is 19.5 Å². The zero-order valence-corrected chi connectivity index (χ0v) is 8.62. The summed E-state index contributed by atoms with van der Waals surface area (Å²) in [6, 6.07) is 2.04. The molecule has 12 heavy (non-hydrogen) atoms. The number of nitrogens with one attached hydrogen (secondary N) is 1. The van der Waals surface area contributed by atoms with Crippen LogP contribution in [0.4, 0.5) is 0 Å². The third-order valence-electron chi connectivity index (χ3n) is 1.70. The molecule has 0 aliphatic rings. The number of rotatable bonds is 1. The fourth-order valence-electron chi connectivity index (χ4n) is 1.15. The molecule has 0 saturated heterocycles. The van der Waals surface area contributed by atoms with Crippen molar-refractivity contribution in [3.8, 4) is 5.75 Å². The van der Waals surface area contributed by atoms with Crippen LogP contribution in [0.3, 0.4) is 0 Å². The summed E-state index contributed by atoms with van der Waals surface area (Å²) in [5.74, 6) is 0.812. The smallest absolute Gasteiger partial charge is 0.146 e. The maximum Gasteiger partial charge on any atom is 0.146 e. The minimum absolute atomic E-state index is 0.812. The average molecular weight is 274 g/mol. The molecule has 0 bridgehead atoms. The van der Waals surface area contributed by atoms with E-state index in [0.717, 1.165) is 20.4 Å². The van der Waals surface area contributed by atoms with E-state index >= 15 is 0 Å². The predicted octanol–water partition coefficient (Wildman–Crippen LogP) is 2.18. The lowest BCUT2D eigenvalue weighted by Gasteiger charge is -1.98.